The second-order valence-corrected chi connectivity index (χ2v) is 7.88. The van der Waals surface area contributed by atoms with Gasteiger partial charge in [0, 0.05) is 44.6 Å². The number of nitrogens with one attached hydrogen (secondary N) is 1. The van der Waals surface area contributed by atoms with E-state index in [1.54, 1.807) is 12.1 Å². The Morgan fingerprint density at radius 2 is 1.85 bits per heavy atom. The van der Waals surface area contributed by atoms with Crippen LogP contribution in [0.15, 0.2) is 36.5 Å². The van der Waals surface area contributed by atoms with Crippen LogP contribution >= 0.6 is 0 Å². The van der Waals surface area contributed by atoms with Gasteiger partial charge in [-0.1, -0.05) is 0 Å². The molecule has 11 heteroatoms. The van der Waals surface area contributed by atoms with Crippen molar-refractivity contribution in [1.29, 1.82) is 10.5 Å². The summed E-state index contributed by atoms with van der Waals surface area (Å²) in [5.74, 6) is -0.129. The van der Waals surface area contributed by atoms with Gasteiger partial charge in [-0.3, -0.25) is 9.69 Å². The molecule has 1 saturated heterocycles. The quantitative estimate of drug-likeness (QED) is 0.707. The second-order valence-electron chi connectivity index (χ2n) is 7.88. The average Bonchev–Trinajstić information content (AvgIpc) is 2.79. The summed E-state index contributed by atoms with van der Waals surface area (Å²) in [6.07, 6.45) is -3.26. The maximum atomic E-state index is 13.1. The highest BCUT2D eigenvalue weighted by molar-refractivity contribution is 5.97. The lowest BCUT2D eigenvalue weighted by molar-refractivity contribution is -0.138. The topological polar surface area (TPSA) is 116 Å². The van der Waals surface area contributed by atoms with Gasteiger partial charge in [0.2, 0.25) is 0 Å². The van der Waals surface area contributed by atoms with E-state index in [1.807, 2.05) is 15.9 Å². The van der Waals surface area contributed by atoms with Crippen LogP contribution in [0.3, 0.4) is 0 Å². The molecule has 1 aliphatic rings. The summed E-state index contributed by atoms with van der Waals surface area (Å²) in [7, 11) is 0. The Hall–Kier alpha value is -3.67. The summed E-state index contributed by atoms with van der Waals surface area (Å²) in [5.41, 5.74) is -3.27. The zero-order chi connectivity index (χ0) is 24.2. The van der Waals surface area contributed by atoms with E-state index in [1.165, 1.54) is 25.3 Å². The first-order valence-electron chi connectivity index (χ1n) is 10.0. The molecule has 2 aromatic rings. The van der Waals surface area contributed by atoms with Gasteiger partial charge in [0.05, 0.1) is 22.8 Å². The smallest absolute Gasteiger partial charge is 0.379 e. The van der Waals surface area contributed by atoms with Crippen molar-refractivity contribution in [2.24, 2.45) is 0 Å². The molecular weight excluding hydrogens is 437 g/mol. The molecule has 0 aliphatic carbocycles. The minimum Gasteiger partial charge on any atom is -0.379 e. The molecule has 1 aromatic heterocycles. The number of amides is 1. The number of carbonyl (C=O) groups is 1. The lowest BCUT2D eigenvalue weighted by Gasteiger charge is -2.38. The van der Waals surface area contributed by atoms with Crippen LogP contribution in [0.4, 0.5) is 24.7 Å². The maximum Gasteiger partial charge on any atom is 0.417 e. The van der Waals surface area contributed by atoms with Gasteiger partial charge in [-0.15, -0.1) is 0 Å². The predicted molar refractivity (Wildman–Crippen MR) is 113 cm³/mol. The van der Waals surface area contributed by atoms with Crippen molar-refractivity contribution in [3.05, 3.63) is 53.2 Å². The fourth-order valence-electron chi connectivity index (χ4n) is 3.50. The van der Waals surface area contributed by atoms with Crippen LogP contribution in [-0.4, -0.2) is 59.2 Å². The lowest BCUT2D eigenvalue weighted by atomic mass is 10.0. The highest BCUT2D eigenvalue weighted by Crippen LogP contribution is 2.33. The number of benzene rings is 1. The third-order valence-corrected chi connectivity index (χ3v) is 5.30. The SMILES string of the molecule is CC(O)(CN1CCN(c2ccc(C#N)cn2)CC1)C(=O)Nc1ccc(C#N)c(C(F)(F)F)c1. The molecular formula is C22H21F3N6O2. The number of carbonyl (C=O) groups excluding carboxylic acids is 1. The van der Waals surface area contributed by atoms with Crippen LogP contribution in [0.25, 0.3) is 0 Å². The van der Waals surface area contributed by atoms with Crippen LogP contribution < -0.4 is 10.2 Å². The van der Waals surface area contributed by atoms with E-state index < -0.39 is 28.8 Å². The number of pyridine rings is 1. The van der Waals surface area contributed by atoms with Gasteiger partial charge in [-0.05, 0) is 37.3 Å². The Labute approximate surface area is 188 Å². The molecule has 2 heterocycles. The summed E-state index contributed by atoms with van der Waals surface area (Å²) >= 11 is 0. The Balaban J connectivity index is 1.60. The van der Waals surface area contributed by atoms with Gasteiger partial charge in [0.25, 0.3) is 5.91 Å². The van der Waals surface area contributed by atoms with Crippen LogP contribution in [0, 0.1) is 22.7 Å². The molecule has 1 atom stereocenters. The molecule has 33 heavy (non-hydrogen) atoms. The Morgan fingerprint density at radius 1 is 1.15 bits per heavy atom. The van der Waals surface area contributed by atoms with E-state index in [4.69, 9.17) is 10.5 Å². The molecule has 2 N–H and O–H groups in total. The largest absolute Gasteiger partial charge is 0.417 e. The zero-order valence-corrected chi connectivity index (χ0v) is 17.7. The number of halogens is 3. The average molecular weight is 458 g/mol. The number of hydrogen-bond acceptors (Lipinski definition) is 7. The molecule has 1 fully saturated rings. The van der Waals surface area contributed by atoms with Gasteiger partial charge in [-0.25, -0.2) is 4.98 Å². The van der Waals surface area contributed by atoms with Crippen LogP contribution in [0.5, 0.6) is 0 Å². The Morgan fingerprint density at radius 3 is 2.39 bits per heavy atom. The zero-order valence-electron chi connectivity index (χ0n) is 17.7. The molecule has 3 rings (SSSR count). The minimum absolute atomic E-state index is 0.0180. The van der Waals surface area contributed by atoms with Crippen molar-refractivity contribution in [2.45, 2.75) is 18.7 Å². The fourth-order valence-corrected chi connectivity index (χ4v) is 3.50. The van der Waals surface area contributed by atoms with Gasteiger partial charge in [0.15, 0.2) is 5.60 Å². The predicted octanol–water partition coefficient (Wildman–Crippen LogP) is 2.36. The first-order chi connectivity index (χ1) is 15.5. The molecule has 1 unspecified atom stereocenters. The summed E-state index contributed by atoms with van der Waals surface area (Å²) in [4.78, 5) is 20.7. The number of piperazine rings is 1. The Bertz CT molecular complexity index is 1100. The number of nitrogens with zero attached hydrogens (tertiary/aromatic N) is 5. The van der Waals surface area contributed by atoms with Gasteiger partial charge < -0.3 is 15.3 Å². The van der Waals surface area contributed by atoms with E-state index in [2.05, 4.69) is 10.3 Å². The standard InChI is InChI=1S/C22H21F3N6O2/c1-21(33,20(32)29-17-4-3-16(12-27)18(10-17)22(23,24)25)14-30-6-8-31(9-7-30)19-5-2-15(11-26)13-28-19/h2-5,10,13,33H,6-9,14H2,1H3,(H,29,32). The number of anilines is 2. The number of aromatic nitrogens is 1. The third kappa shape index (κ3) is 5.77. The number of hydrogen-bond donors (Lipinski definition) is 2. The first kappa shape index (κ1) is 24.0. The van der Waals surface area contributed by atoms with Crippen molar-refractivity contribution in [3.8, 4) is 12.1 Å². The van der Waals surface area contributed by atoms with E-state index >= 15 is 0 Å². The van der Waals surface area contributed by atoms with E-state index in [0.717, 1.165) is 11.9 Å². The van der Waals surface area contributed by atoms with E-state index in [-0.39, 0.29) is 12.2 Å². The molecule has 0 spiro atoms. The van der Waals surface area contributed by atoms with Gasteiger partial charge in [-0.2, -0.15) is 23.7 Å². The highest BCUT2D eigenvalue weighted by atomic mass is 19.4. The number of nitriles is 2. The van der Waals surface area contributed by atoms with Crippen LogP contribution in [-0.2, 0) is 11.0 Å². The molecule has 1 aliphatic heterocycles. The Kier molecular flexibility index (Phi) is 6.86. The molecule has 0 radical (unpaired) electrons. The number of rotatable bonds is 5. The third-order valence-electron chi connectivity index (χ3n) is 5.30. The molecule has 172 valence electrons. The summed E-state index contributed by atoms with van der Waals surface area (Å²) in [6, 6.07) is 9.76. The van der Waals surface area contributed by atoms with Gasteiger partial charge in [0.1, 0.15) is 11.9 Å². The van der Waals surface area contributed by atoms with Crippen molar-refractivity contribution in [3.63, 3.8) is 0 Å². The summed E-state index contributed by atoms with van der Waals surface area (Å²) in [6.45, 7) is 3.50. The second kappa shape index (κ2) is 9.45. The van der Waals surface area contributed by atoms with E-state index in [9.17, 15) is 23.1 Å². The van der Waals surface area contributed by atoms with Gasteiger partial charge >= 0.3 is 6.18 Å². The van der Waals surface area contributed by atoms with Crippen molar-refractivity contribution in [1.82, 2.24) is 9.88 Å². The number of alkyl halides is 3. The summed E-state index contributed by atoms with van der Waals surface area (Å²) in [5, 5.41) is 30.7. The molecule has 1 aromatic carbocycles. The highest BCUT2D eigenvalue weighted by Gasteiger charge is 2.36. The first-order valence-corrected chi connectivity index (χ1v) is 10.0. The number of β-amino-alcohol motifs (C(OH)–C–C–N with tert-alkyl or cyclic N) is 1. The van der Waals surface area contributed by atoms with Crippen molar-refractivity contribution in [2.75, 3.05) is 42.9 Å². The van der Waals surface area contributed by atoms with Crippen LogP contribution in [0.2, 0.25) is 0 Å². The van der Waals surface area contributed by atoms with E-state index in [0.29, 0.717) is 37.8 Å². The number of aliphatic hydroxyl groups is 1. The normalized spacial score (nSPS) is 16.4. The fraction of sp³-hybridized carbons (Fsp3) is 0.364. The molecule has 0 saturated carbocycles. The van der Waals surface area contributed by atoms with Crippen LogP contribution in [0.1, 0.15) is 23.6 Å². The maximum absolute atomic E-state index is 13.1. The molecule has 8 nitrogen and oxygen atoms in total. The van der Waals surface area contributed by atoms with Crippen molar-refractivity contribution < 1.29 is 23.1 Å². The lowest BCUT2D eigenvalue weighted by Crippen LogP contribution is -2.55. The molecule has 0 bridgehead atoms. The monoisotopic (exact) mass is 458 g/mol. The molecule has 1 amide bonds. The minimum atomic E-state index is -4.75. The van der Waals surface area contributed by atoms with Crippen molar-refractivity contribution >= 4 is 17.4 Å². The summed E-state index contributed by atoms with van der Waals surface area (Å²) < 4.78 is 39.4.